The second-order valence-corrected chi connectivity index (χ2v) is 6.46. The van der Waals surface area contributed by atoms with Crippen LogP contribution in [0.3, 0.4) is 0 Å². The number of hydrogen-bond acceptors (Lipinski definition) is 2. The van der Waals surface area contributed by atoms with Gasteiger partial charge < -0.3 is 5.11 Å². The first-order valence-electron chi connectivity index (χ1n) is 7.23. The Bertz CT molecular complexity index is 684. The minimum absolute atomic E-state index is 0.524. The van der Waals surface area contributed by atoms with Crippen molar-refractivity contribution in [1.29, 1.82) is 0 Å². The number of fused-ring (bicyclic) bond motifs is 2. The van der Waals surface area contributed by atoms with Gasteiger partial charge in [-0.15, -0.1) is 0 Å². The van der Waals surface area contributed by atoms with Crippen LogP contribution in [0.25, 0.3) is 10.9 Å². The van der Waals surface area contributed by atoms with E-state index in [-0.39, 0.29) is 0 Å². The number of rotatable bonds is 3. The first kappa shape index (κ1) is 11.9. The molecule has 3 nitrogen and oxygen atoms in total. The molecule has 1 aromatic carbocycles. The lowest BCUT2D eigenvalue weighted by atomic mass is 9.77. The van der Waals surface area contributed by atoms with E-state index in [2.05, 4.69) is 11.1 Å². The predicted molar refractivity (Wildman–Crippen MR) is 76.3 cm³/mol. The van der Waals surface area contributed by atoms with Gasteiger partial charge in [-0.25, -0.2) is 0 Å². The van der Waals surface area contributed by atoms with Gasteiger partial charge in [0.2, 0.25) is 0 Å². The maximum Gasteiger partial charge on any atom is 0.309 e. The van der Waals surface area contributed by atoms with Crippen molar-refractivity contribution in [2.24, 2.45) is 17.3 Å². The molecule has 0 aliphatic heterocycles. The summed E-state index contributed by atoms with van der Waals surface area (Å²) in [6.45, 7) is 0. The Labute approximate surface area is 117 Å². The lowest BCUT2D eigenvalue weighted by molar-refractivity contribution is -0.149. The van der Waals surface area contributed by atoms with Crippen LogP contribution in [0.5, 0.6) is 0 Å². The zero-order valence-electron chi connectivity index (χ0n) is 11.2. The molecule has 1 N–H and O–H groups in total. The average Bonchev–Trinajstić information content (AvgIpc) is 3.06. The minimum atomic E-state index is -0.615. The molecule has 2 atom stereocenters. The van der Waals surface area contributed by atoms with Gasteiger partial charge in [0.1, 0.15) is 0 Å². The van der Waals surface area contributed by atoms with Crippen LogP contribution in [0.15, 0.2) is 36.5 Å². The van der Waals surface area contributed by atoms with Crippen LogP contribution >= 0.6 is 0 Å². The van der Waals surface area contributed by atoms with Crippen molar-refractivity contribution in [1.82, 2.24) is 4.98 Å². The lowest BCUT2D eigenvalue weighted by Crippen LogP contribution is -2.31. The van der Waals surface area contributed by atoms with Crippen LogP contribution in [0.4, 0.5) is 0 Å². The van der Waals surface area contributed by atoms with Crippen molar-refractivity contribution in [3.05, 3.63) is 42.1 Å². The van der Waals surface area contributed by atoms with E-state index in [9.17, 15) is 9.90 Å². The van der Waals surface area contributed by atoms with Crippen LogP contribution < -0.4 is 0 Å². The fourth-order valence-electron chi connectivity index (χ4n) is 3.92. The molecular formula is C17H17NO2. The van der Waals surface area contributed by atoms with E-state index in [1.165, 1.54) is 6.42 Å². The average molecular weight is 267 g/mol. The SMILES string of the molecule is O=C(O)C1(Cc2ccc3ncccc3c2)CC2CC2C1. The van der Waals surface area contributed by atoms with E-state index in [1.54, 1.807) is 6.20 Å². The molecule has 2 aromatic rings. The Morgan fingerprint density at radius 2 is 2.10 bits per heavy atom. The summed E-state index contributed by atoms with van der Waals surface area (Å²) in [5.41, 5.74) is 1.56. The number of hydrogen-bond donors (Lipinski definition) is 1. The number of pyridine rings is 1. The molecule has 102 valence electrons. The Hall–Kier alpha value is -1.90. The molecule has 0 saturated heterocycles. The Morgan fingerprint density at radius 3 is 2.85 bits per heavy atom. The number of benzene rings is 1. The Morgan fingerprint density at radius 1 is 1.30 bits per heavy atom. The van der Waals surface area contributed by atoms with Crippen LogP contribution in [-0.4, -0.2) is 16.1 Å². The van der Waals surface area contributed by atoms with Gasteiger partial charge in [0, 0.05) is 11.6 Å². The molecule has 0 bridgehead atoms. The van der Waals surface area contributed by atoms with Gasteiger partial charge in [-0.2, -0.15) is 0 Å². The van der Waals surface area contributed by atoms with Crippen molar-refractivity contribution in [2.45, 2.75) is 25.7 Å². The zero-order valence-corrected chi connectivity index (χ0v) is 11.2. The number of nitrogens with zero attached hydrogens (tertiary/aromatic N) is 1. The predicted octanol–water partition coefficient (Wildman–Crippen LogP) is 3.28. The molecule has 4 rings (SSSR count). The van der Waals surface area contributed by atoms with E-state index < -0.39 is 11.4 Å². The minimum Gasteiger partial charge on any atom is -0.481 e. The van der Waals surface area contributed by atoms with Gasteiger partial charge in [-0.3, -0.25) is 9.78 Å². The topological polar surface area (TPSA) is 50.2 Å². The van der Waals surface area contributed by atoms with Gasteiger partial charge in [0.25, 0.3) is 0 Å². The molecule has 1 aromatic heterocycles. The van der Waals surface area contributed by atoms with Gasteiger partial charge in [-0.05, 0) is 61.3 Å². The van der Waals surface area contributed by atoms with Crippen molar-refractivity contribution in [2.75, 3.05) is 0 Å². The third-order valence-electron chi connectivity index (χ3n) is 5.04. The quantitative estimate of drug-likeness (QED) is 0.928. The molecule has 1 heterocycles. The monoisotopic (exact) mass is 267 g/mol. The van der Waals surface area contributed by atoms with E-state index in [4.69, 9.17) is 0 Å². The molecule has 3 heteroatoms. The molecule has 20 heavy (non-hydrogen) atoms. The third-order valence-corrected chi connectivity index (χ3v) is 5.04. The molecule has 2 fully saturated rings. The van der Waals surface area contributed by atoms with Crippen LogP contribution in [0.2, 0.25) is 0 Å². The van der Waals surface area contributed by atoms with Crippen LogP contribution in [0, 0.1) is 17.3 Å². The highest BCUT2D eigenvalue weighted by molar-refractivity contribution is 5.80. The maximum absolute atomic E-state index is 11.7. The highest BCUT2D eigenvalue weighted by Gasteiger charge is 2.57. The van der Waals surface area contributed by atoms with Crippen LogP contribution in [0.1, 0.15) is 24.8 Å². The molecule has 2 unspecified atom stereocenters. The summed E-state index contributed by atoms with van der Waals surface area (Å²) in [6.07, 6.45) is 5.40. The summed E-state index contributed by atoms with van der Waals surface area (Å²) in [4.78, 5) is 16.1. The summed E-state index contributed by atoms with van der Waals surface area (Å²) in [6, 6.07) is 10.1. The Kier molecular flexibility index (Phi) is 2.40. The molecule has 2 saturated carbocycles. The van der Waals surface area contributed by atoms with Crippen molar-refractivity contribution >= 4 is 16.9 Å². The van der Waals surface area contributed by atoms with E-state index in [0.717, 1.165) is 29.3 Å². The molecular weight excluding hydrogens is 250 g/mol. The smallest absolute Gasteiger partial charge is 0.309 e. The van der Waals surface area contributed by atoms with Gasteiger partial charge in [0.05, 0.1) is 10.9 Å². The second-order valence-electron chi connectivity index (χ2n) is 6.46. The van der Waals surface area contributed by atoms with E-state index >= 15 is 0 Å². The summed E-state index contributed by atoms with van der Waals surface area (Å²) in [5, 5.41) is 10.8. The normalized spacial score (nSPS) is 31.2. The van der Waals surface area contributed by atoms with E-state index in [0.29, 0.717) is 18.3 Å². The van der Waals surface area contributed by atoms with Gasteiger partial charge >= 0.3 is 5.97 Å². The number of aliphatic carboxylic acids is 1. The largest absolute Gasteiger partial charge is 0.481 e. The lowest BCUT2D eigenvalue weighted by Gasteiger charge is -2.26. The number of carboxylic acid groups (broad SMARTS) is 1. The summed E-state index contributed by atoms with van der Waals surface area (Å²) in [5.74, 6) is 0.734. The first-order valence-corrected chi connectivity index (χ1v) is 7.23. The van der Waals surface area contributed by atoms with E-state index in [1.807, 2.05) is 24.3 Å². The third kappa shape index (κ3) is 1.80. The molecule has 0 amide bonds. The van der Waals surface area contributed by atoms with Crippen molar-refractivity contribution < 1.29 is 9.90 Å². The number of aromatic nitrogens is 1. The highest BCUT2D eigenvalue weighted by atomic mass is 16.4. The van der Waals surface area contributed by atoms with Crippen LogP contribution in [-0.2, 0) is 11.2 Å². The zero-order chi connectivity index (χ0) is 13.7. The Balaban J connectivity index is 1.67. The van der Waals surface area contributed by atoms with Gasteiger partial charge in [-0.1, -0.05) is 12.1 Å². The summed E-state index contributed by atoms with van der Waals surface area (Å²) < 4.78 is 0. The molecule has 2 aliphatic carbocycles. The first-order chi connectivity index (χ1) is 9.66. The molecule has 0 radical (unpaired) electrons. The summed E-state index contributed by atoms with van der Waals surface area (Å²) in [7, 11) is 0. The highest BCUT2D eigenvalue weighted by Crippen LogP contribution is 2.60. The molecule has 2 aliphatic rings. The summed E-state index contributed by atoms with van der Waals surface area (Å²) >= 11 is 0. The maximum atomic E-state index is 11.7. The number of carboxylic acids is 1. The fourth-order valence-corrected chi connectivity index (χ4v) is 3.92. The fraction of sp³-hybridized carbons (Fsp3) is 0.412. The van der Waals surface area contributed by atoms with Crippen molar-refractivity contribution in [3.8, 4) is 0 Å². The second kappa shape index (κ2) is 4.05. The number of carbonyl (C=O) groups is 1. The standard InChI is InChI=1S/C17H17NO2/c19-16(20)17(9-13-7-14(13)10-17)8-11-3-4-15-12(6-11)2-1-5-18-15/h1-6,13-14H,7-10H2,(H,19,20). The van der Waals surface area contributed by atoms with Gasteiger partial charge in [0.15, 0.2) is 0 Å². The molecule has 0 spiro atoms. The van der Waals surface area contributed by atoms with Crippen molar-refractivity contribution in [3.63, 3.8) is 0 Å².